The quantitative estimate of drug-likeness (QED) is 0.121. The van der Waals surface area contributed by atoms with Gasteiger partial charge in [-0.05, 0) is 74.0 Å². The number of carbonyl (C=O) groups excluding carboxylic acids is 5. The third-order valence-corrected chi connectivity index (χ3v) is 9.70. The van der Waals surface area contributed by atoms with Crippen LogP contribution < -0.4 is 31.0 Å². The number of imide groups is 2. The number of piperidine rings is 1. The predicted molar refractivity (Wildman–Crippen MR) is 200 cm³/mol. The first kappa shape index (κ1) is 37.7. The Hall–Kier alpha value is -6.09. The molecule has 1 saturated heterocycles. The first-order valence-electron chi connectivity index (χ1n) is 17.7. The van der Waals surface area contributed by atoms with Crippen LogP contribution in [0.1, 0.15) is 58.4 Å². The second-order valence-corrected chi connectivity index (χ2v) is 13.4. The van der Waals surface area contributed by atoms with E-state index in [2.05, 4.69) is 20.9 Å². The van der Waals surface area contributed by atoms with Crippen molar-refractivity contribution >= 4 is 46.0 Å². The number of benzene rings is 2. The van der Waals surface area contributed by atoms with E-state index in [4.69, 9.17) is 9.47 Å². The number of pyridine rings is 2. The van der Waals surface area contributed by atoms with Crippen molar-refractivity contribution in [3.05, 3.63) is 82.0 Å². The van der Waals surface area contributed by atoms with E-state index in [0.29, 0.717) is 42.2 Å². The Labute approximate surface area is 311 Å². The fourth-order valence-corrected chi connectivity index (χ4v) is 7.00. The van der Waals surface area contributed by atoms with Crippen molar-refractivity contribution < 1.29 is 33.4 Å². The molecule has 1 fully saturated rings. The number of hydrogen-bond acceptors (Lipinski definition) is 11. The molecule has 2 aromatic carbocycles. The van der Waals surface area contributed by atoms with Gasteiger partial charge in [0.1, 0.15) is 17.5 Å². The molecule has 2 aliphatic rings. The number of nitrogens with zero attached hydrogens (tertiary/aromatic N) is 4. The molecule has 0 radical (unpaired) electrons. The second-order valence-electron chi connectivity index (χ2n) is 13.4. The third-order valence-electron chi connectivity index (χ3n) is 9.70. The van der Waals surface area contributed by atoms with Crippen LogP contribution in [-0.4, -0.2) is 95.8 Å². The number of carbonyl (C=O) groups is 5. The van der Waals surface area contributed by atoms with Crippen molar-refractivity contribution in [3.8, 4) is 22.6 Å². The van der Waals surface area contributed by atoms with Gasteiger partial charge in [-0.3, -0.25) is 48.9 Å². The lowest BCUT2D eigenvalue weighted by Crippen LogP contribution is -2.54. The lowest BCUT2D eigenvalue weighted by molar-refractivity contribution is -0.136. The molecule has 1 atom stereocenters. The molecule has 1 unspecified atom stereocenters. The smallest absolute Gasteiger partial charge is 0.264 e. The Morgan fingerprint density at radius 2 is 1.70 bits per heavy atom. The summed E-state index contributed by atoms with van der Waals surface area (Å²) in [4.78, 5) is 82.8. The van der Waals surface area contributed by atoms with E-state index in [0.717, 1.165) is 46.2 Å². The van der Waals surface area contributed by atoms with Gasteiger partial charge in [0.25, 0.3) is 17.4 Å². The molecule has 0 bridgehead atoms. The number of aromatic nitrogens is 2. The maximum absolute atomic E-state index is 13.3. The third kappa shape index (κ3) is 7.67. The predicted octanol–water partition coefficient (Wildman–Crippen LogP) is 2.85. The monoisotopic (exact) mass is 737 g/mol. The highest BCUT2D eigenvalue weighted by molar-refractivity contribution is 6.25. The SMILES string of the molecule is COc1cc(-c2cn(C)c(=O)c3cnccc23)cc(OC)c1CN(C)CC(=O)NCCCCCNc1cccc2c1C(=O)N(C1CCC(=O)NC1=O)C2=O. The van der Waals surface area contributed by atoms with Crippen LogP contribution in [-0.2, 0) is 28.0 Å². The lowest BCUT2D eigenvalue weighted by Gasteiger charge is -2.27. The molecule has 0 aliphatic carbocycles. The summed E-state index contributed by atoms with van der Waals surface area (Å²) in [6.07, 6.45) is 7.45. The zero-order valence-corrected chi connectivity index (χ0v) is 30.7. The number of anilines is 1. The highest BCUT2D eigenvalue weighted by Gasteiger charge is 2.45. The Kier molecular flexibility index (Phi) is 11.4. The first-order chi connectivity index (χ1) is 26.0. The van der Waals surface area contributed by atoms with Crippen LogP contribution in [0, 0.1) is 0 Å². The summed E-state index contributed by atoms with van der Waals surface area (Å²) >= 11 is 0. The summed E-state index contributed by atoms with van der Waals surface area (Å²) in [7, 11) is 6.70. The van der Waals surface area contributed by atoms with Gasteiger partial charge in [-0.1, -0.05) is 6.07 Å². The molecule has 282 valence electrons. The van der Waals surface area contributed by atoms with E-state index in [9.17, 15) is 28.8 Å². The van der Waals surface area contributed by atoms with Crippen LogP contribution in [0.5, 0.6) is 11.5 Å². The largest absolute Gasteiger partial charge is 0.496 e. The zero-order chi connectivity index (χ0) is 38.5. The van der Waals surface area contributed by atoms with E-state index in [1.807, 2.05) is 30.1 Å². The second kappa shape index (κ2) is 16.3. The van der Waals surface area contributed by atoms with E-state index in [1.54, 1.807) is 58.1 Å². The maximum Gasteiger partial charge on any atom is 0.264 e. The number of ether oxygens (including phenoxy) is 2. The molecule has 15 heteroatoms. The molecule has 6 rings (SSSR count). The van der Waals surface area contributed by atoms with Gasteiger partial charge in [0.15, 0.2) is 0 Å². The standard InChI is InChI=1S/C39H43N7O8/c1-44(20-28-31(53-3)17-23(18-32(28)54-4)27-21-45(2)37(50)26-19-40-16-13-24(26)27)22-34(48)42-15-7-5-6-14-41-29-10-8-9-25-35(29)39(52)46(38(25)51)30-11-12-33(47)43-36(30)49/h8-10,13,16-19,21,30,41H,5-7,11-12,14-15,20,22H2,1-4H3,(H,42,48)(H,43,47,49). The van der Waals surface area contributed by atoms with Crippen LogP contribution in [0.15, 0.2) is 59.8 Å². The molecule has 2 aliphatic heterocycles. The number of nitrogens with one attached hydrogen (secondary N) is 3. The van der Waals surface area contributed by atoms with Crippen molar-refractivity contribution in [1.29, 1.82) is 0 Å². The molecule has 4 heterocycles. The van der Waals surface area contributed by atoms with Crippen LogP contribution in [0.3, 0.4) is 0 Å². The van der Waals surface area contributed by atoms with Crippen molar-refractivity contribution in [3.63, 3.8) is 0 Å². The molecule has 0 saturated carbocycles. The molecule has 54 heavy (non-hydrogen) atoms. The van der Waals surface area contributed by atoms with Gasteiger partial charge in [-0.25, -0.2) is 0 Å². The normalized spacial score (nSPS) is 15.4. The topological polar surface area (TPSA) is 181 Å². The number of unbranched alkanes of at least 4 members (excludes halogenated alkanes) is 2. The van der Waals surface area contributed by atoms with Crippen LogP contribution in [0.2, 0.25) is 0 Å². The molecule has 2 aromatic heterocycles. The summed E-state index contributed by atoms with van der Waals surface area (Å²) in [5.74, 6) is -1.12. The minimum Gasteiger partial charge on any atom is -0.496 e. The number of rotatable bonds is 15. The number of methoxy groups -OCH3 is 2. The Morgan fingerprint density at radius 1 is 0.963 bits per heavy atom. The maximum atomic E-state index is 13.3. The van der Waals surface area contributed by atoms with E-state index in [1.165, 1.54) is 4.57 Å². The first-order valence-corrected chi connectivity index (χ1v) is 17.7. The number of hydrogen-bond donors (Lipinski definition) is 3. The van der Waals surface area contributed by atoms with Gasteiger partial charge in [0.2, 0.25) is 17.7 Å². The van der Waals surface area contributed by atoms with Gasteiger partial charge in [0, 0.05) is 62.9 Å². The van der Waals surface area contributed by atoms with Crippen molar-refractivity contribution in [2.24, 2.45) is 7.05 Å². The Morgan fingerprint density at radius 3 is 2.43 bits per heavy atom. The minimum absolute atomic E-state index is 0.0589. The van der Waals surface area contributed by atoms with Gasteiger partial charge in [-0.15, -0.1) is 0 Å². The number of likely N-dealkylation sites (N-methyl/N-ethyl adjacent to an activating group) is 1. The zero-order valence-electron chi connectivity index (χ0n) is 30.7. The number of fused-ring (bicyclic) bond motifs is 2. The molecular formula is C39H43N7O8. The minimum atomic E-state index is -1.02. The van der Waals surface area contributed by atoms with Crippen molar-refractivity contribution in [2.45, 2.75) is 44.7 Å². The van der Waals surface area contributed by atoms with Crippen molar-refractivity contribution in [1.82, 2.24) is 30.0 Å². The number of aryl methyl sites for hydroxylation is 1. The molecule has 0 spiro atoms. The molecule has 5 amide bonds. The van der Waals surface area contributed by atoms with Gasteiger partial charge >= 0.3 is 0 Å². The average Bonchev–Trinajstić information content (AvgIpc) is 3.41. The molecule has 15 nitrogen and oxygen atoms in total. The fourth-order valence-electron chi connectivity index (χ4n) is 7.00. The molecule has 4 aromatic rings. The summed E-state index contributed by atoms with van der Waals surface area (Å²) in [5, 5.41) is 9.70. The highest BCUT2D eigenvalue weighted by Crippen LogP contribution is 2.38. The van der Waals surface area contributed by atoms with Crippen LogP contribution in [0.4, 0.5) is 5.69 Å². The Balaban J connectivity index is 0.975. The van der Waals surface area contributed by atoms with Crippen molar-refractivity contribution in [2.75, 3.05) is 46.2 Å². The van der Waals surface area contributed by atoms with Crippen LogP contribution in [0.25, 0.3) is 21.9 Å². The molecule has 3 N–H and O–H groups in total. The lowest BCUT2D eigenvalue weighted by atomic mass is 9.99. The van der Waals surface area contributed by atoms with E-state index < -0.39 is 29.7 Å². The van der Waals surface area contributed by atoms with E-state index in [-0.39, 0.29) is 42.0 Å². The molecular weight excluding hydrogens is 694 g/mol. The van der Waals surface area contributed by atoms with Crippen LogP contribution >= 0.6 is 0 Å². The summed E-state index contributed by atoms with van der Waals surface area (Å²) in [5.41, 5.74) is 3.24. The summed E-state index contributed by atoms with van der Waals surface area (Å²) in [6, 6.07) is 9.57. The Bertz CT molecular complexity index is 2170. The number of amides is 5. The summed E-state index contributed by atoms with van der Waals surface area (Å²) in [6.45, 7) is 1.55. The average molecular weight is 738 g/mol. The summed E-state index contributed by atoms with van der Waals surface area (Å²) < 4.78 is 13.1. The van der Waals surface area contributed by atoms with Gasteiger partial charge in [-0.2, -0.15) is 0 Å². The highest BCUT2D eigenvalue weighted by atomic mass is 16.5. The fraction of sp³-hybridized carbons (Fsp3) is 0.359. The van der Waals surface area contributed by atoms with Gasteiger partial charge in [0.05, 0.1) is 42.8 Å². The van der Waals surface area contributed by atoms with Gasteiger partial charge < -0.3 is 24.7 Å². The van der Waals surface area contributed by atoms with E-state index >= 15 is 0 Å².